The van der Waals surface area contributed by atoms with E-state index >= 15 is 0 Å². The molecule has 0 unspecified atom stereocenters. The summed E-state index contributed by atoms with van der Waals surface area (Å²) >= 11 is 5.42. The molecule has 6 heteroatoms. The number of hydrogen-bond donors (Lipinski definition) is 1. The number of nitrogens with one attached hydrogen (secondary N) is 1. The number of fused-ring (bicyclic) bond motifs is 1. The number of nitrogens with zero attached hydrogens (tertiary/aromatic N) is 2. The normalized spacial score (nSPS) is 11.1. The minimum absolute atomic E-state index is 0.577. The third kappa shape index (κ3) is 2.71. The molecule has 0 saturated carbocycles. The van der Waals surface area contributed by atoms with Crippen LogP contribution < -0.4 is 4.74 Å². The van der Waals surface area contributed by atoms with E-state index in [4.69, 9.17) is 21.5 Å². The van der Waals surface area contributed by atoms with Gasteiger partial charge in [-0.05, 0) is 37.7 Å². The van der Waals surface area contributed by atoms with E-state index in [1.807, 2.05) is 35.8 Å². The predicted octanol–water partition coefficient (Wildman–Crippen LogP) is 3.83. The van der Waals surface area contributed by atoms with Gasteiger partial charge in [-0.2, -0.15) is 0 Å². The fourth-order valence-corrected chi connectivity index (χ4v) is 2.56. The lowest BCUT2D eigenvalue weighted by molar-refractivity contribution is 0.320. The first-order valence-corrected chi connectivity index (χ1v) is 7.36. The molecule has 0 aliphatic heterocycles. The van der Waals surface area contributed by atoms with Gasteiger partial charge >= 0.3 is 0 Å². The van der Waals surface area contributed by atoms with E-state index in [9.17, 15) is 0 Å². The fraction of sp³-hybridized carbons (Fsp3) is 0.333. The van der Waals surface area contributed by atoms with Crippen LogP contribution in [0.4, 0.5) is 0 Å². The Bertz CT molecular complexity index is 816. The lowest BCUT2D eigenvalue weighted by Gasteiger charge is -2.06. The second kappa shape index (κ2) is 5.73. The zero-order valence-electron chi connectivity index (χ0n) is 12.0. The highest BCUT2D eigenvalue weighted by atomic mass is 32.1. The second-order valence-electron chi connectivity index (χ2n) is 4.94. The number of rotatable bonds is 5. The Balaban J connectivity index is 2.03. The average Bonchev–Trinajstić information content (AvgIpc) is 3.02. The molecule has 0 spiro atoms. The van der Waals surface area contributed by atoms with E-state index in [-0.39, 0.29) is 0 Å². The maximum atomic E-state index is 5.77. The first kappa shape index (κ1) is 13.9. The van der Waals surface area contributed by atoms with Crippen LogP contribution in [0, 0.1) is 11.7 Å². The van der Waals surface area contributed by atoms with Crippen LogP contribution in [0.15, 0.2) is 28.8 Å². The minimum Gasteiger partial charge on any atom is -0.491 e. The molecule has 2 heterocycles. The summed E-state index contributed by atoms with van der Waals surface area (Å²) in [6.07, 6.45) is 0.968. The molecule has 0 aliphatic rings. The molecule has 2 aromatic heterocycles. The fourth-order valence-electron chi connectivity index (χ4n) is 2.30. The number of H-pyrrole nitrogens is 1. The molecule has 3 rings (SSSR count). The number of aromatic amines is 1. The van der Waals surface area contributed by atoms with E-state index in [0.29, 0.717) is 17.9 Å². The summed E-state index contributed by atoms with van der Waals surface area (Å²) in [5.74, 6) is 1.62. The van der Waals surface area contributed by atoms with Crippen LogP contribution in [0.1, 0.15) is 24.8 Å². The van der Waals surface area contributed by atoms with Crippen LogP contribution in [-0.2, 0) is 6.54 Å². The van der Waals surface area contributed by atoms with Crippen molar-refractivity contribution >= 4 is 23.3 Å². The van der Waals surface area contributed by atoms with Crippen LogP contribution in [-0.4, -0.2) is 21.3 Å². The van der Waals surface area contributed by atoms with Crippen LogP contribution in [0.25, 0.3) is 11.0 Å². The molecular weight excluding hydrogens is 286 g/mol. The largest absolute Gasteiger partial charge is 0.491 e. The van der Waals surface area contributed by atoms with Gasteiger partial charge in [0, 0.05) is 6.07 Å². The number of ether oxygens (including phenoxy) is 1. The Morgan fingerprint density at radius 1 is 1.43 bits per heavy atom. The molecular formula is C15H17N3O2S. The molecule has 1 N–H and O–H groups in total. The number of benzene rings is 1. The summed E-state index contributed by atoms with van der Waals surface area (Å²) in [5, 5.41) is 4.02. The third-order valence-electron chi connectivity index (χ3n) is 3.23. The minimum atomic E-state index is 0.577. The number of imidazole rings is 1. The molecule has 110 valence electrons. The first-order valence-electron chi connectivity index (χ1n) is 6.95. The van der Waals surface area contributed by atoms with Gasteiger partial charge < -0.3 is 18.8 Å². The van der Waals surface area contributed by atoms with Gasteiger partial charge in [-0.25, -0.2) is 0 Å². The van der Waals surface area contributed by atoms with Crippen LogP contribution in [0.5, 0.6) is 5.75 Å². The zero-order chi connectivity index (χ0) is 14.8. The van der Waals surface area contributed by atoms with Gasteiger partial charge in [0.05, 0.1) is 18.7 Å². The summed E-state index contributed by atoms with van der Waals surface area (Å²) in [6, 6.07) is 7.86. The van der Waals surface area contributed by atoms with Crippen molar-refractivity contribution < 1.29 is 9.26 Å². The maximum absolute atomic E-state index is 5.77. The molecule has 0 aliphatic carbocycles. The molecule has 3 aromatic rings. The molecule has 0 atom stereocenters. The Hall–Kier alpha value is -2.08. The highest BCUT2D eigenvalue weighted by molar-refractivity contribution is 7.71. The molecule has 1 aromatic carbocycles. The second-order valence-corrected chi connectivity index (χ2v) is 5.33. The topological polar surface area (TPSA) is 56.0 Å². The highest BCUT2D eigenvalue weighted by Crippen LogP contribution is 2.25. The molecule has 0 amide bonds. The predicted molar refractivity (Wildman–Crippen MR) is 83.3 cm³/mol. The van der Waals surface area contributed by atoms with Crippen LogP contribution >= 0.6 is 12.2 Å². The summed E-state index contributed by atoms with van der Waals surface area (Å²) < 4.78 is 13.5. The van der Waals surface area contributed by atoms with Crippen molar-refractivity contribution in [2.45, 2.75) is 26.8 Å². The van der Waals surface area contributed by atoms with E-state index in [1.165, 1.54) is 0 Å². The van der Waals surface area contributed by atoms with Crippen LogP contribution in [0.3, 0.4) is 0 Å². The quantitative estimate of drug-likeness (QED) is 0.728. The van der Waals surface area contributed by atoms with E-state index in [0.717, 1.165) is 34.7 Å². The van der Waals surface area contributed by atoms with Gasteiger partial charge in [0.2, 0.25) is 0 Å². The highest BCUT2D eigenvalue weighted by Gasteiger charge is 2.11. The monoisotopic (exact) mass is 303 g/mol. The van der Waals surface area contributed by atoms with Gasteiger partial charge in [-0.1, -0.05) is 18.1 Å². The third-order valence-corrected chi connectivity index (χ3v) is 3.55. The van der Waals surface area contributed by atoms with Gasteiger partial charge in [-0.3, -0.25) is 0 Å². The number of hydrogen-bond acceptors (Lipinski definition) is 4. The van der Waals surface area contributed by atoms with Crippen molar-refractivity contribution in [1.29, 1.82) is 0 Å². The van der Waals surface area contributed by atoms with Gasteiger partial charge in [-0.15, -0.1) is 0 Å². The van der Waals surface area contributed by atoms with Crippen molar-refractivity contribution in [3.63, 3.8) is 0 Å². The Kier molecular flexibility index (Phi) is 3.79. The number of aryl methyl sites for hydroxylation is 1. The van der Waals surface area contributed by atoms with Crippen molar-refractivity contribution in [2.75, 3.05) is 6.61 Å². The Morgan fingerprint density at radius 2 is 2.29 bits per heavy atom. The van der Waals surface area contributed by atoms with E-state index in [2.05, 4.69) is 17.1 Å². The van der Waals surface area contributed by atoms with Crippen LogP contribution in [0.2, 0.25) is 0 Å². The lowest BCUT2D eigenvalue weighted by Crippen LogP contribution is -2.00. The molecule has 0 saturated heterocycles. The molecule has 0 radical (unpaired) electrons. The van der Waals surface area contributed by atoms with Gasteiger partial charge in [0.25, 0.3) is 0 Å². The zero-order valence-corrected chi connectivity index (χ0v) is 12.9. The van der Waals surface area contributed by atoms with E-state index < -0.39 is 0 Å². The molecule has 21 heavy (non-hydrogen) atoms. The summed E-state index contributed by atoms with van der Waals surface area (Å²) in [4.78, 5) is 3.23. The summed E-state index contributed by atoms with van der Waals surface area (Å²) in [6.45, 7) is 5.23. The van der Waals surface area contributed by atoms with Crippen molar-refractivity contribution in [2.24, 2.45) is 0 Å². The standard InChI is InChI=1S/C15H17N3O2S/c1-3-7-19-13-6-4-5-12-14(13)16-15(21)18(12)9-11-8-10(2)20-17-11/h4-6,8H,3,7,9H2,1-2H3,(H,16,21). The Morgan fingerprint density at radius 3 is 3.00 bits per heavy atom. The maximum Gasteiger partial charge on any atom is 0.178 e. The number of aromatic nitrogens is 3. The van der Waals surface area contributed by atoms with E-state index in [1.54, 1.807) is 0 Å². The first-order chi connectivity index (χ1) is 10.2. The Labute approximate surface area is 127 Å². The smallest absolute Gasteiger partial charge is 0.178 e. The average molecular weight is 303 g/mol. The van der Waals surface area contributed by atoms with Crippen molar-refractivity contribution in [3.8, 4) is 5.75 Å². The molecule has 0 fully saturated rings. The number of para-hydroxylation sites is 1. The lowest BCUT2D eigenvalue weighted by atomic mass is 10.3. The van der Waals surface area contributed by atoms with Gasteiger partial charge in [0.15, 0.2) is 4.77 Å². The van der Waals surface area contributed by atoms with Crippen molar-refractivity contribution in [3.05, 3.63) is 40.5 Å². The van der Waals surface area contributed by atoms with Crippen molar-refractivity contribution in [1.82, 2.24) is 14.7 Å². The summed E-state index contributed by atoms with van der Waals surface area (Å²) in [5.41, 5.74) is 2.79. The summed E-state index contributed by atoms with van der Waals surface area (Å²) in [7, 11) is 0. The SMILES string of the molecule is CCCOc1cccc2c1[nH]c(=S)n2Cc1cc(C)on1. The van der Waals surface area contributed by atoms with Gasteiger partial charge in [0.1, 0.15) is 22.7 Å². The molecule has 5 nitrogen and oxygen atoms in total. The molecule has 0 bridgehead atoms.